The largest absolute Gasteiger partial charge is 0.511 e. The second-order valence-electron chi connectivity index (χ2n) is 4.51. The zero-order valence-corrected chi connectivity index (χ0v) is 10.5. The van der Waals surface area contributed by atoms with Gasteiger partial charge in [0, 0.05) is 11.6 Å². The van der Waals surface area contributed by atoms with Crippen LogP contribution in [0.3, 0.4) is 0 Å². The van der Waals surface area contributed by atoms with E-state index in [0.29, 0.717) is 5.56 Å². The number of carbonyl (C=O) groups is 1. The molecule has 0 unspecified atom stereocenters. The van der Waals surface area contributed by atoms with Crippen molar-refractivity contribution < 1.29 is 25.2 Å². The summed E-state index contributed by atoms with van der Waals surface area (Å²) >= 11 is 0. The molecule has 1 aromatic carbocycles. The molecular weight excluding hydrogens is 260 g/mol. The predicted molar refractivity (Wildman–Crippen MR) is 72.1 cm³/mol. The highest BCUT2D eigenvalue weighted by atomic mass is 16.5. The molecule has 0 aliphatic heterocycles. The molecule has 1 aliphatic carbocycles. The van der Waals surface area contributed by atoms with Gasteiger partial charge in [-0.2, -0.15) is 0 Å². The van der Waals surface area contributed by atoms with Gasteiger partial charge in [0.15, 0.2) is 11.6 Å². The molecule has 0 spiro atoms. The third-order valence-corrected chi connectivity index (χ3v) is 2.84. The Labute approximate surface area is 115 Å². The summed E-state index contributed by atoms with van der Waals surface area (Å²) in [5.74, 6) is -3.46. The third-order valence-electron chi connectivity index (χ3n) is 2.84. The fourth-order valence-electron chi connectivity index (χ4n) is 1.88. The van der Waals surface area contributed by atoms with Crippen LogP contribution in [0.4, 0.5) is 0 Å². The molecule has 5 nitrogen and oxygen atoms in total. The van der Waals surface area contributed by atoms with Crippen molar-refractivity contribution in [3.05, 3.63) is 71.2 Å². The van der Waals surface area contributed by atoms with E-state index in [0.717, 1.165) is 6.08 Å². The Bertz CT molecular complexity index is 608. The van der Waals surface area contributed by atoms with Crippen LogP contribution in [0.15, 0.2) is 65.7 Å². The normalized spacial score (nSPS) is 18.2. The summed E-state index contributed by atoms with van der Waals surface area (Å²) in [5.41, 5.74) is 0.467. The van der Waals surface area contributed by atoms with Crippen LogP contribution in [0.2, 0.25) is 0 Å². The highest BCUT2D eigenvalue weighted by Crippen LogP contribution is 2.28. The average Bonchev–Trinajstić information content (AvgIpc) is 2.37. The quantitative estimate of drug-likeness (QED) is 0.382. The lowest BCUT2D eigenvalue weighted by Crippen LogP contribution is -2.29. The molecule has 0 atom stereocenters. The minimum absolute atomic E-state index is 0.00648. The maximum atomic E-state index is 11.8. The number of aliphatic hydroxyl groups excluding tert-OH is 2. The molecule has 1 aliphatic rings. The summed E-state index contributed by atoms with van der Waals surface area (Å²) in [7, 11) is 0. The summed E-state index contributed by atoms with van der Waals surface area (Å²) in [6, 6.07) is 8.52. The van der Waals surface area contributed by atoms with Crippen molar-refractivity contribution in [2.45, 2.75) is 12.2 Å². The van der Waals surface area contributed by atoms with E-state index in [4.69, 9.17) is 0 Å². The van der Waals surface area contributed by atoms with Gasteiger partial charge in [0.05, 0.1) is 12.0 Å². The topological polar surface area (TPSA) is 98.0 Å². The number of benzene rings is 1. The van der Waals surface area contributed by atoms with E-state index in [2.05, 4.69) is 0 Å². The van der Waals surface area contributed by atoms with Crippen LogP contribution >= 0.6 is 0 Å². The molecular formula is C15H14O5. The first kappa shape index (κ1) is 14.0. The number of ketones is 1. The number of carbonyl (C=O) groups excluding carboxylic acids is 1. The highest BCUT2D eigenvalue weighted by Gasteiger charge is 2.30. The van der Waals surface area contributed by atoms with Crippen LogP contribution < -0.4 is 0 Å². The maximum absolute atomic E-state index is 11.8. The lowest BCUT2D eigenvalue weighted by molar-refractivity contribution is -0.124. The van der Waals surface area contributed by atoms with E-state index in [1.165, 1.54) is 12.2 Å². The number of hydrogen-bond donors (Lipinski definition) is 4. The molecule has 4 N–H and O–H groups in total. The summed E-state index contributed by atoms with van der Waals surface area (Å²) in [6.07, 6.45) is 2.80. The lowest BCUT2D eigenvalue weighted by Gasteiger charge is -2.23. The molecule has 5 heteroatoms. The van der Waals surface area contributed by atoms with Gasteiger partial charge in [0.2, 0.25) is 0 Å². The Kier molecular flexibility index (Phi) is 3.74. The standard InChI is InChI=1S/C15H14O5/c16-12(10-4-2-1-3-5-10)7-6-11-13(17)8-15(19,20)9-14(11)18/h1-8,17-20H,9H2. The fourth-order valence-corrected chi connectivity index (χ4v) is 1.88. The maximum Gasteiger partial charge on any atom is 0.193 e. The monoisotopic (exact) mass is 274 g/mol. The second kappa shape index (κ2) is 5.32. The summed E-state index contributed by atoms with van der Waals surface area (Å²) in [6.45, 7) is 0. The van der Waals surface area contributed by atoms with Crippen molar-refractivity contribution in [2.75, 3.05) is 0 Å². The van der Waals surface area contributed by atoms with Crippen LogP contribution in [-0.4, -0.2) is 32.0 Å². The van der Waals surface area contributed by atoms with Crippen molar-refractivity contribution in [3.63, 3.8) is 0 Å². The van der Waals surface area contributed by atoms with E-state index in [9.17, 15) is 25.2 Å². The van der Waals surface area contributed by atoms with Crippen molar-refractivity contribution in [3.8, 4) is 0 Å². The molecule has 0 saturated heterocycles. The first-order valence-corrected chi connectivity index (χ1v) is 5.95. The van der Waals surface area contributed by atoms with Gasteiger partial charge < -0.3 is 20.4 Å². The minimum atomic E-state index is -2.28. The lowest BCUT2D eigenvalue weighted by atomic mass is 9.97. The molecule has 20 heavy (non-hydrogen) atoms. The van der Waals surface area contributed by atoms with Gasteiger partial charge in [-0.15, -0.1) is 0 Å². The molecule has 104 valence electrons. The SMILES string of the molecule is O=C(C=CC1=C(O)CC(O)(O)C=C1O)c1ccccc1. The van der Waals surface area contributed by atoms with Gasteiger partial charge in [-0.25, -0.2) is 0 Å². The molecule has 0 fully saturated rings. The van der Waals surface area contributed by atoms with E-state index >= 15 is 0 Å². The van der Waals surface area contributed by atoms with Gasteiger partial charge in [-0.1, -0.05) is 30.3 Å². The van der Waals surface area contributed by atoms with E-state index in [1.807, 2.05) is 0 Å². The molecule has 0 saturated carbocycles. The average molecular weight is 274 g/mol. The van der Waals surface area contributed by atoms with Gasteiger partial charge in [-0.05, 0) is 12.2 Å². The second-order valence-corrected chi connectivity index (χ2v) is 4.51. The first-order chi connectivity index (χ1) is 9.39. The van der Waals surface area contributed by atoms with Crippen LogP contribution in [0.5, 0.6) is 0 Å². The molecule has 0 radical (unpaired) electrons. The number of hydrogen-bond acceptors (Lipinski definition) is 5. The van der Waals surface area contributed by atoms with Crippen LogP contribution in [-0.2, 0) is 0 Å². The van der Waals surface area contributed by atoms with Crippen molar-refractivity contribution in [1.82, 2.24) is 0 Å². The minimum Gasteiger partial charge on any atom is -0.511 e. The summed E-state index contributed by atoms with van der Waals surface area (Å²) in [4.78, 5) is 11.8. The van der Waals surface area contributed by atoms with E-state index in [1.54, 1.807) is 30.3 Å². The number of aliphatic hydroxyl groups is 4. The smallest absolute Gasteiger partial charge is 0.193 e. The molecule has 0 aromatic heterocycles. The van der Waals surface area contributed by atoms with Crippen LogP contribution in [0.1, 0.15) is 16.8 Å². The Morgan fingerprint density at radius 3 is 2.40 bits per heavy atom. The molecule has 0 bridgehead atoms. The van der Waals surface area contributed by atoms with E-state index in [-0.39, 0.29) is 11.4 Å². The third kappa shape index (κ3) is 3.14. The zero-order valence-electron chi connectivity index (χ0n) is 10.5. The van der Waals surface area contributed by atoms with Gasteiger partial charge in [-0.3, -0.25) is 4.79 Å². The van der Waals surface area contributed by atoms with Gasteiger partial charge in [0.25, 0.3) is 0 Å². The van der Waals surface area contributed by atoms with E-state index < -0.39 is 23.7 Å². The fraction of sp³-hybridized carbons (Fsp3) is 0.133. The van der Waals surface area contributed by atoms with Crippen LogP contribution in [0, 0.1) is 0 Å². The first-order valence-electron chi connectivity index (χ1n) is 5.95. The van der Waals surface area contributed by atoms with Gasteiger partial charge >= 0.3 is 0 Å². The Hall–Kier alpha value is -2.37. The Morgan fingerprint density at radius 2 is 1.80 bits per heavy atom. The predicted octanol–water partition coefficient (Wildman–Crippen LogP) is 1.76. The summed E-state index contributed by atoms with van der Waals surface area (Å²) < 4.78 is 0. The van der Waals surface area contributed by atoms with Crippen molar-refractivity contribution in [2.24, 2.45) is 0 Å². The highest BCUT2D eigenvalue weighted by molar-refractivity contribution is 6.04. The zero-order chi connectivity index (χ0) is 14.8. The van der Waals surface area contributed by atoms with Crippen LogP contribution in [0.25, 0.3) is 0 Å². The number of rotatable bonds is 3. The summed E-state index contributed by atoms with van der Waals surface area (Å²) in [5, 5.41) is 37.9. The number of allylic oxidation sites excluding steroid dienone is 2. The molecule has 1 aromatic rings. The van der Waals surface area contributed by atoms with Crippen molar-refractivity contribution >= 4 is 5.78 Å². The van der Waals surface area contributed by atoms with Gasteiger partial charge in [0.1, 0.15) is 11.5 Å². The molecule has 0 heterocycles. The molecule has 0 amide bonds. The van der Waals surface area contributed by atoms with Crippen molar-refractivity contribution in [1.29, 1.82) is 0 Å². The Balaban J connectivity index is 2.20. The Morgan fingerprint density at radius 1 is 1.15 bits per heavy atom. The molecule has 2 rings (SSSR count).